The smallest absolute Gasteiger partial charge is 0.306 e. The van der Waals surface area contributed by atoms with E-state index in [0.717, 1.165) is 24.2 Å². The lowest BCUT2D eigenvalue weighted by Gasteiger charge is -2.14. The third-order valence-corrected chi connectivity index (χ3v) is 3.87. The van der Waals surface area contributed by atoms with Crippen molar-refractivity contribution in [2.24, 2.45) is 11.8 Å². The molecule has 3 unspecified atom stereocenters. The van der Waals surface area contributed by atoms with Crippen molar-refractivity contribution in [3.63, 3.8) is 0 Å². The Labute approximate surface area is 113 Å². The van der Waals surface area contributed by atoms with E-state index >= 15 is 0 Å². The van der Waals surface area contributed by atoms with Crippen LogP contribution in [-0.4, -0.2) is 25.3 Å². The molecule has 104 valence electrons. The van der Waals surface area contributed by atoms with Crippen molar-refractivity contribution in [1.29, 1.82) is 0 Å². The molecule has 2 rings (SSSR count). The lowest BCUT2D eigenvalue weighted by Crippen LogP contribution is -2.02. The highest BCUT2D eigenvalue weighted by molar-refractivity contribution is 5.73. The van der Waals surface area contributed by atoms with Gasteiger partial charge in [-0.2, -0.15) is 0 Å². The van der Waals surface area contributed by atoms with Crippen LogP contribution in [0.1, 0.15) is 31.2 Å². The summed E-state index contributed by atoms with van der Waals surface area (Å²) >= 11 is 0. The predicted octanol–water partition coefficient (Wildman–Crippen LogP) is 2.92. The first-order valence-electron chi connectivity index (χ1n) is 6.51. The molecule has 1 aliphatic carbocycles. The van der Waals surface area contributed by atoms with Crippen LogP contribution in [0, 0.1) is 11.8 Å². The van der Waals surface area contributed by atoms with E-state index in [-0.39, 0.29) is 5.92 Å². The Kier molecular flexibility index (Phi) is 3.98. The summed E-state index contributed by atoms with van der Waals surface area (Å²) in [4.78, 5) is 10.8. The van der Waals surface area contributed by atoms with Gasteiger partial charge in [-0.1, -0.05) is 13.0 Å². The van der Waals surface area contributed by atoms with Gasteiger partial charge in [0.25, 0.3) is 0 Å². The molecule has 1 saturated carbocycles. The maximum absolute atomic E-state index is 10.8. The molecule has 19 heavy (non-hydrogen) atoms. The van der Waals surface area contributed by atoms with E-state index in [9.17, 15) is 4.79 Å². The van der Waals surface area contributed by atoms with Gasteiger partial charge in [0.05, 0.1) is 20.1 Å². The van der Waals surface area contributed by atoms with E-state index in [1.54, 1.807) is 14.2 Å². The molecule has 0 radical (unpaired) electrons. The lowest BCUT2D eigenvalue weighted by atomic mass is 9.94. The highest BCUT2D eigenvalue weighted by atomic mass is 16.5. The fourth-order valence-corrected chi connectivity index (χ4v) is 2.56. The third-order valence-electron chi connectivity index (χ3n) is 3.87. The second-order valence-corrected chi connectivity index (χ2v) is 5.19. The van der Waals surface area contributed by atoms with Gasteiger partial charge in [-0.25, -0.2) is 0 Å². The van der Waals surface area contributed by atoms with Crippen molar-refractivity contribution >= 4 is 5.97 Å². The number of carboxylic acids is 1. The van der Waals surface area contributed by atoms with Gasteiger partial charge in [-0.15, -0.1) is 0 Å². The SMILES string of the molecule is COc1ccc(C(C)CC2CC2C(=O)O)cc1OC. The van der Waals surface area contributed by atoms with Gasteiger partial charge in [-0.3, -0.25) is 4.79 Å². The zero-order valence-electron chi connectivity index (χ0n) is 11.6. The normalized spacial score (nSPS) is 22.7. The second-order valence-electron chi connectivity index (χ2n) is 5.19. The van der Waals surface area contributed by atoms with Crippen LogP contribution >= 0.6 is 0 Å². The molecule has 0 aliphatic heterocycles. The average Bonchev–Trinajstić information content (AvgIpc) is 3.17. The number of rotatable bonds is 6. The van der Waals surface area contributed by atoms with Crippen molar-refractivity contribution in [3.05, 3.63) is 23.8 Å². The number of carbonyl (C=O) groups is 1. The lowest BCUT2D eigenvalue weighted by molar-refractivity contribution is -0.138. The molecule has 0 amide bonds. The molecule has 1 aliphatic rings. The summed E-state index contributed by atoms with van der Waals surface area (Å²) in [5.41, 5.74) is 1.16. The molecule has 0 spiro atoms. The Bertz CT molecular complexity index is 469. The number of methoxy groups -OCH3 is 2. The van der Waals surface area contributed by atoms with E-state index < -0.39 is 5.97 Å². The third kappa shape index (κ3) is 3.00. The van der Waals surface area contributed by atoms with Gasteiger partial charge in [0.15, 0.2) is 11.5 Å². The van der Waals surface area contributed by atoms with E-state index in [2.05, 4.69) is 6.92 Å². The summed E-state index contributed by atoms with van der Waals surface area (Å²) in [6.45, 7) is 2.12. The molecular formula is C15H20O4. The summed E-state index contributed by atoms with van der Waals surface area (Å²) in [6.07, 6.45) is 1.72. The number of ether oxygens (including phenoxy) is 2. The summed E-state index contributed by atoms with van der Waals surface area (Å²) in [7, 11) is 3.23. The van der Waals surface area contributed by atoms with Crippen LogP contribution in [-0.2, 0) is 4.79 Å². The van der Waals surface area contributed by atoms with Crippen molar-refractivity contribution in [2.75, 3.05) is 14.2 Å². The molecule has 0 heterocycles. The number of benzene rings is 1. The standard InChI is InChI=1S/C15H20O4/c1-9(6-11-7-12(11)15(16)17)10-4-5-13(18-2)14(8-10)19-3/h4-5,8-9,11-12H,6-7H2,1-3H3,(H,16,17). The van der Waals surface area contributed by atoms with E-state index in [1.165, 1.54) is 0 Å². The number of carboxylic acid groups (broad SMARTS) is 1. The zero-order chi connectivity index (χ0) is 14.0. The highest BCUT2D eigenvalue weighted by Crippen LogP contribution is 2.45. The second kappa shape index (κ2) is 5.51. The van der Waals surface area contributed by atoms with Crippen molar-refractivity contribution in [2.45, 2.75) is 25.7 Å². The highest BCUT2D eigenvalue weighted by Gasteiger charge is 2.43. The maximum Gasteiger partial charge on any atom is 0.306 e. The van der Waals surface area contributed by atoms with Crippen LogP contribution in [0.3, 0.4) is 0 Å². The first kappa shape index (κ1) is 13.7. The summed E-state index contributed by atoms with van der Waals surface area (Å²) < 4.78 is 10.5. The molecule has 4 nitrogen and oxygen atoms in total. The molecule has 3 atom stereocenters. The minimum absolute atomic E-state index is 0.136. The predicted molar refractivity (Wildman–Crippen MR) is 71.8 cm³/mol. The molecular weight excluding hydrogens is 244 g/mol. The van der Waals surface area contributed by atoms with Crippen LogP contribution in [0.25, 0.3) is 0 Å². The Morgan fingerprint density at radius 2 is 2.05 bits per heavy atom. The fraction of sp³-hybridized carbons (Fsp3) is 0.533. The largest absolute Gasteiger partial charge is 0.493 e. The molecule has 1 aromatic carbocycles. The van der Waals surface area contributed by atoms with Crippen molar-refractivity contribution in [1.82, 2.24) is 0 Å². The van der Waals surface area contributed by atoms with Crippen LogP contribution in [0.15, 0.2) is 18.2 Å². The molecule has 0 saturated heterocycles. The van der Waals surface area contributed by atoms with Crippen LogP contribution in [0.5, 0.6) is 11.5 Å². The van der Waals surface area contributed by atoms with Gasteiger partial charge in [0.2, 0.25) is 0 Å². The summed E-state index contributed by atoms with van der Waals surface area (Å²) in [5, 5.41) is 8.92. The zero-order valence-corrected chi connectivity index (χ0v) is 11.6. The quantitative estimate of drug-likeness (QED) is 0.858. The number of aliphatic carboxylic acids is 1. The monoisotopic (exact) mass is 264 g/mol. The molecule has 1 aromatic rings. The Hall–Kier alpha value is -1.71. The van der Waals surface area contributed by atoms with Crippen LogP contribution in [0.4, 0.5) is 0 Å². The van der Waals surface area contributed by atoms with E-state index in [0.29, 0.717) is 17.6 Å². The topological polar surface area (TPSA) is 55.8 Å². The van der Waals surface area contributed by atoms with Gasteiger partial charge in [0.1, 0.15) is 0 Å². The molecule has 1 N–H and O–H groups in total. The fourth-order valence-electron chi connectivity index (χ4n) is 2.56. The van der Waals surface area contributed by atoms with Crippen molar-refractivity contribution in [3.8, 4) is 11.5 Å². The number of hydrogen-bond acceptors (Lipinski definition) is 3. The average molecular weight is 264 g/mol. The van der Waals surface area contributed by atoms with Gasteiger partial charge in [-0.05, 0) is 42.4 Å². The summed E-state index contributed by atoms with van der Waals surface area (Å²) in [5.74, 6) is 1.28. The molecule has 1 fully saturated rings. The molecule has 0 aromatic heterocycles. The van der Waals surface area contributed by atoms with E-state index in [1.807, 2.05) is 18.2 Å². The Morgan fingerprint density at radius 3 is 2.58 bits per heavy atom. The Balaban J connectivity index is 2.03. The Morgan fingerprint density at radius 1 is 1.37 bits per heavy atom. The van der Waals surface area contributed by atoms with Crippen molar-refractivity contribution < 1.29 is 19.4 Å². The molecule has 4 heteroatoms. The first-order valence-corrected chi connectivity index (χ1v) is 6.51. The maximum atomic E-state index is 10.8. The van der Waals surface area contributed by atoms with Gasteiger partial charge < -0.3 is 14.6 Å². The van der Waals surface area contributed by atoms with Gasteiger partial charge in [0, 0.05) is 0 Å². The number of hydrogen-bond donors (Lipinski definition) is 1. The minimum Gasteiger partial charge on any atom is -0.493 e. The van der Waals surface area contributed by atoms with Crippen LogP contribution < -0.4 is 9.47 Å². The van der Waals surface area contributed by atoms with Gasteiger partial charge >= 0.3 is 5.97 Å². The van der Waals surface area contributed by atoms with E-state index in [4.69, 9.17) is 14.6 Å². The minimum atomic E-state index is -0.662. The first-order chi connectivity index (χ1) is 9.06. The van der Waals surface area contributed by atoms with Crippen LogP contribution in [0.2, 0.25) is 0 Å². The summed E-state index contributed by atoms with van der Waals surface area (Å²) in [6, 6.07) is 5.89. The molecule has 0 bridgehead atoms.